The lowest BCUT2D eigenvalue weighted by Gasteiger charge is -2.16. The van der Waals surface area contributed by atoms with Crippen molar-refractivity contribution in [3.05, 3.63) is 71.8 Å². The summed E-state index contributed by atoms with van der Waals surface area (Å²) < 4.78 is 0. The van der Waals surface area contributed by atoms with Crippen molar-refractivity contribution in [3.63, 3.8) is 0 Å². The van der Waals surface area contributed by atoms with E-state index in [9.17, 15) is 9.59 Å². The minimum Gasteiger partial charge on any atom is -0.346 e. The van der Waals surface area contributed by atoms with Crippen LogP contribution >= 0.6 is 0 Å². The van der Waals surface area contributed by atoms with Crippen LogP contribution in [0.15, 0.2) is 65.8 Å². The summed E-state index contributed by atoms with van der Waals surface area (Å²) in [6.45, 7) is 5.66. The first kappa shape index (κ1) is 18.4. The Hall–Kier alpha value is -2.95. The largest absolute Gasteiger partial charge is 0.346 e. The van der Waals surface area contributed by atoms with Gasteiger partial charge < -0.3 is 5.32 Å². The third-order valence-corrected chi connectivity index (χ3v) is 3.53. The highest BCUT2D eigenvalue weighted by Gasteiger charge is 2.21. The number of nitrogens with one attached hydrogen (secondary N) is 2. The van der Waals surface area contributed by atoms with Gasteiger partial charge in [0.25, 0.3) is 5.91 Å². The molecule has 2 aromatic carbocycles. The van der Waals surface area contributed by atoms with Crippen LogP contribution in [0.25, 0.3) is 0 Å². The molecule has 0 unspecified atom stereocenters. The number of benzene rings is 2. The molecule has 0 saturated heterocycles. The zero-order valence-corrected chi connectivity index (χ0v) is 14.7. The van der Waals surface area contributed by atoms with E-state index in [2.05, 4.69) is 15.8 Å². The van der Waals surface area contributed by atoms with Crippen LogP contribution in [0.4, 0.5) is 0 Å². The van der Waals surface area contributed by atoms with Crippen molar-refractivity contribution in [3.8, 4) is 0 Å². The van der Waals surface area contributed by atoms with E-state index in [0.717, 1.165) is 5.56 Å². The van der Waals surface area contributed by atoms with E-state index < -0.39 is 5.41 Å². The van der Waals surface area contributed by atoms with Gasteiger partial charge in [0.1, 0.15) is 0 Å². The lowest BCUT2D eigenvalue weighted by molar-refractivity contribution is -0.128. The average molecular weight is 337 g/mol. The molecule has 0 aliphatic heterocycles. The maximum atomic E-state index is 12.2. The standard InChI is InChI=1S/C20H23N3O2/c1-20(2,3)19(25)23-22-17(15-10-6-4-7-11-15)14-21-18(24)16-12-8-5-9-13-16/h4-13H,14H2,1-3H3,(H,21,24)(H,23,25). The monoisotopic (exact) mass is 337 g/mol. The molecular formula is C20H23N3O2. The van der Waals surface area contributed by atoms with E-state index in [-0.39, 0.29) is 18.4 Å². The molecule has 2 amide bonds. The molecule has 5 nitrogen and oxygen atoms in total. The average Bonchev–Trinajstić information content (AvgIpc) is 2.62. The predicted molar refractivity (Wildman–Crippen MR) is 99.4 cm³/mol. The molecular weight excluding hydrogens is 314 g/mol. The van der Waals surface area contributed by atoms with Gasteiger partial charge >= 0.3 is 0 Å². The van der Waals surface area contributed by atoms with E-state index in [4.69, 9.17) is 0 Å². The van der Waals surface area contributed by atoms with Crippen LogP contribution in [0.3, 0.4) is 0 Å². The van der Waals surface area contributed by atoms with Gasteiger partial charge in [-0.3, -0.25) is 9.59 Å². The smallest absolute Gasteiger partial charge is 0.251 e. The summed E-state index contributed by atoms with van der Waals surface area (Å²) in [4.78, 5) is 24.3. The number of hydrogen-bond acceptors (Lipinski definition) is 3. The van der Waals surface area contributed by atoms with Crippen LogP contribution in [0.2, 0.25) is 0 Å². The van der Waals surface area contributed by atoms with Gasteiger partial charge in [-0.2, -0.15) is 5.10 Å². The highest BCUT2D eigenvalue weighted by atomic mass is 16.2. The number of amides is 2. The Labute approximate surface area is 148 Å². The first-order valence-electron chi connectivity index (χ1n) is 8.13. The van der Waals surface area contributed by atoms with Crippen LogP contribution in [-0.4, -0.2) is 24.1 Å². The fraction of sp³-hybridized carbons (Fsp3) is 0.250. The molecule has 0 heterocycles. The Balaban J connectivity index is 2.13. The van der Waals surface area contributed by atoms with Gasteiger partial charge in [0.2, 0.25) is 5.91 Å². The second-order valence-electron chi connectivity index (χ2n) is 6.66. The number of carbonyl (C=O) groups excluding carboxylic acids is 2. The molecule has 2 aromatic rings. The van der Waals surface area contributed by atoms with Gasteiger partial charge in [-0.25, -0.2) is 5.43 Å². The van der Waals surface area contributed by atoms with E-state index in [1.165, 1.54) is 0 Å². The summed E-state index contributed by atoms with van der Waals surface area (Å²) in [6.07, 6.45) is 0. The predicted octanol–water partition coefficient (Wildman–Crippen LogP) is 2.98. The van der Waals surface area contributed by atoms with Crippen LogP contribution in [0.5, 0.6) is 0 Å². The molecule has 0 radical (unpaired) electrons. The summed E-state index contributed by atoms with van der Waals surface area (Å²) in [5, 5.41) is 7.07. The summed E-state index contributed by atoms with van der Waals surface area (Å²) in [7, 11) is 0. The van der Waals surface area contributed by atoms with Crippen molar-refractivity contribution in [2.45, 2.75) is 20.8 Å². The molecule has 0 saturated carbocycles. The Bertz CT molecular complexity index is 748. The molecule has 0 atom stereocenters. The Kier molecular flexibility index (Phi) is 6.06. The molecule has 0 aliphatic carbocycles. The molecule has 0 fully saturated rings. The molecule has 0 aromatic heterocycles. The topological polar surface area (TPSA) is 70.6 Å². The molecule has 25 heavy (non-hydrogen) atoms. The maximum absolute atomic E-state index is 12.2. The van der Waals surface area contributed by atoms with Gasteiger partial charge in [0.05, 0.1) is 12.3 Å². The van der Waals surface area contributed by atoms with E-state index in [0.29, 0.717) is 11.3 Å². The zero-order valence-electron chi connectivity index (χ0n) is 14.7. The van der Waals surface area contributed by atoms with Crippen LogP contribution in [0, 0.1) is 5.41 Å². The molecule has 0 bridgehead atoms. The van der Waals surface area contributed by atoms with E-state index >= 15 is 0 Å². The number of carbonyl (C=O) groups is 2. The third kappa shape index (κ3) is 5.57. The summed E-state index contributed by atoms with van der Waals surface area (Å²) >= 11 is 0. The van der Waals surface area contributed by atoms with Crippen LogP contribution in [0.1, 0.15) is 36.7 Å². The van der Waals surface area contributed by atoms with Crippen molar-refractivity contribution >= 4 is 17.5 Å². The highest BCUT2D eigenvalue weighted by molar-refractivity contribution is 6.05. The van der Waals surface area contributed by atoms with Gasteiger partial charge in [-0.1, -0.05) is 69.3 Å². The molecule has 0 spiro atoms. The lowest BCUT2D eigenvalue weighted by Crippen LogP contribution is -2.35. The fourth-order valence-electron chi connectivity index (χ4n) is 1.98. The zero-order chi connectivity index (χ0) is 18.3. The Morgan fingerprint density at radius 1 is 0.880 bits per heavy atom. The number of hydrazone groups is 1. The van der Waals surface area contributed by atoms with Crippen molar-refractivity contribution in [2.75, 3.05) is 6.54 Å². The van der Waals surface area contributed by atoms with Crippen LogP contribution in [-0.2, 0) is 4.79 Å². The number of rotatable bonds is 5. The maximum Gasteiger partial charge on any atom is 0.251 e. The van der Waals surface area contributed by atoms with Gasteiger partial charge in [0, 0.05) is 11.0 Å². The fourth-order valence-corrected chi connectivity index (χ4v) is 1.98. The quantitative estimate of drug-likeness (QED) is 0.650. The molecule has 2 rings (SSSR count). The summed E-state index contributed by atoms with van der Waals surface area (Å²) in [5.74, 6) is -0.373. The highest BCUT2D eigenvalue weighted by Crippen LogP contribution is 2.12. The van der Waals surface area contributed by atoms with Crippen molar-refractivity contribution < 1.29 is 9.59 Å². The molecule has 130 valence electrons. The molecule has 2 N–H and O–H groups in total. The number of nitrogens with zero attached hydrogens (tertiary/aromatic N) is 1. The first-order valence-corrected chi connectivity index (χ1v) is 8.13. The molecule has 0 aliphatic rings. The Morgan fingerprint density at radius 2 is 1.40 bits per heavy atom. The Morgan fingerprint density at radius 3 is 1.92 bits per heavy atom. The minimum atomic E-state index is -0.543. The first-order chi connectivity index (χ1) is 11.9. The number of hydrogen-bond donors (Lipinski definition) is 2. The van der Waals surface area contributed by atoms with Gasteiger partial charge in [-0.05, 0) is 17.7 Å². The van der Waals surface area contributed by atoms with E-state index in [1.807, 2.05) is 69.3 Å². The summed E-state index contributed by atoms with van der Waals surface area (Å²) in [6, 6.07) is 18.4. The normalized spacial score (nSPS) is 11.7. The van der Waals surface area contributed by atoms with E-state index in [1.54, 1.807) is 12.1 Å². The molecule has 5 heteroatoms. The van der Waals surface area contributed by atoms with Crippen LogP contribution < -0.4 is 10.7 Å². The van der Waals surface area contributed by atoms with Crippen molar-refractivity contribution in [2.24, 2.45) is 10.5 Å². The second kappa shape index (κ2) is 8.24. The van der Waals surface area contributed by atoms with Crippen molar-refractivity contribution in [1.29, 1.82) is 0 Å². The third-order valence-electron chi connectivity index (χ3n) is 3.53. The SMILES string of the molecule is CC(C)(C)C(=O)NN=C(CNC(=O)c1ccccc1)c1ccccc1. The van der Waals surface area contributed by atoms with Gasteiger partial charge in [-0.15, -0.1) is 0 Å². The minimum absolute atomic E-state index is 0.185. The lowest BCUT2D eigenvalue weighted by atomic mass is 9.96. The second-order valence-corrected chi connectivity index (χ2v) is 6.66. The summed E-state index contributed by atoms with van der Waals surface area (Å²) in [5.41, 5.74) is 4.04. The van der Waals surface area contributed by atoms with Crippen molar-refractivity contribution in [1.82, 2.24) is 10.7 Å². The van der Waals surface area contributed by atoms with Gasteiger partial charge in [0.15, 0.2) is 0 Å².